The highest BCUT2D eigenvalue weighted by atomic mass is 32.2. The zero-order valence-corrected chi connectivity index (χ0v) is 13.3. The monoisotopic (exact) mass is 332 g/mol. The second-order valence-electron chi connectivity index (χ2n) is 5.11. The van der Waals surface area contributed by atoms with Gasteiger partial charge >= 0.3 is 0 Å². The lowest BCUT2D eigenvalue weighted by molar-refractivity contribution is -0.133. The van der Waals surface area contributed by atoms with Crippen LogP contribution in [0, 0.1) is 5.92 Å². The van der Waals surface area contributed by atoms with Crippen molar-refractivity contribution in [3.63, 3.8) is 0 Å². The first kappa shape index (κ1) is 16.4. The maximum atomic E-state index is 12.0. The molecule has 0 aliphatic carbocycles. The van der Waals surface area contributed by atoms with Crippen LogP contribution in [0.3, 0.4) is 0 Å². The fourth-order valence-corrected chi connectivity index (χ4v) is 4.45. The van der Waals surface area contributed by atoms with Gasteiger partial charge in [0.05, 0.1) is 0 Å². The van der Waals surface area contributed by atoms with Crippen molar-refractivity contribution < 1.29 is 18.3 Å². The number of thiophene rings is 1. The number of likely N-dealkylation sites (tertiary alicyclic amines) is 1. The number of carbonyl (C=O) groups excluding carboxylic acids is 1. The van der Waals surface area contributed by atoms with E-state index in [1.165, 1.54) is 6.07 Å². The first-order valence-electron chi connectivity index (χ1n) is 6.95. The van der Waals surface area contributed by atoms with Crippen LogP contribution in [0.2, 0.25) is 0 Å². The van der Waals surface area contributed by atoms with Gasteiger partial charge in [0.15, 0.2) is 0 Å². The zero-order chi connectivity index (χ0) is 15.3. The molecule has 1 aliphatic rings. The number of aliphatic hydroxyl groups excluding tert-OH is 1. The Morgan fingerprint density at radius 3 is 3.00 bits per heavy atom. The summed E-state index contributed by atoms with van der Waals surface area (Å²) in [7, 11) is -3.50. The minimum Gasteiger partial charge on any atom is -0.396 e. The van der Waals surface area contributed by atoms with Gasteiger partial charge in [-0.25, -0.2) is 13.1 Å². The van der Waals surface area contributed by atoms with Gasteiger partial charge in [-0.05, 0) is 30.2 Å². The smallest absolute Gasteiger partial charge is 0.250 e. The van der Waals surface area contributed by atoms with Crippen LogP contribution in [0.25, 0.3) is 0 Å². The molecule has 2 N–H and O–H groups in total. The van der Waals surface area contributed by atoms with Crippen LogP contribution in [-0.4, -0.2) is 50.6 Å². The summed E-state index contributed by atoms with van der Waals surface area (Å²) in [5.74, 6) is 0.0764. The van der Waals surface area contributed by atoms with Crippen LogP contribution < -0.4 is 4.72 Å². The van der Waals surface area contributed by atoms with Gasteiger partial charge in [0.25, 0.3) is 0 Å². The molecule has 1 unspecified atom stereocenters. The fourth-order valence-electron chi connectivity index (χ4n) is 2.38. The molecule has 1 amide bonds. The van der Waals surface area contributed by atoms with Crippen molar-refractivity contribution in [2.45, 2.75) is 23.5 Å². The van der Waals surface area contributed by atoms with Crippen LogP contribution >= 0.6 is 11.3 Å². The lowest BCUT2D eigenvalue weighted by Crippen LogP contribution is -2.42. The lowest BCUT2D eigenvalue weighted by Gasteiger charge is -2.31. The summed E-state index contributed by atoms with van der Waals surface area (Å²) >= 11 is 1.15. The molecule has 0 aromatic carbocycles. The molecule has 2 heterocycles. The number of hydrogen-bond donors (Lipinski definition) is 2. The Balaban J connectivity index is 1.79. The largest absolute Gasteiger partial charge is 0.396 e. The van der Waals surface area contributed by atoms with Gasteiger partial charge < -0.3 is 10.0 Å². The number of nitrogens with one attached hydrogen (secondary N) is 1. The van der Waals surface area contributed by atoms with Gasteiger partial charge in [0, 0.05) is 32.7 Å². The molecule has 1 atom stereocenters. The highest BCUT2D eigenvalue weighted by Gasteiger charge is 2.23. The number of carbonyl (C=O) groups is 1. The van der Waals surface area contributed by atoms with E-state index in [-0.39, 0.29) is 35.6 Å². The molecule has 1 aromatic heterocycles. The van der Waals surface area contributed by atoms with E-state index in [4.69, 9.17) is 5.11 Å². The average molecular weight is 332 g/mol. The summed E-state index contributed by atoms with van der Waals surface area (Å²) in [6.07, 6.45) is 1.96. The average Bonchev–Trinajstić information content (AvgIpc) is 3.02. The first-order chi connectivity index (χ1) is 10.0. The number of rotatable bonds is 6. The molecule has 8 heteroatoms. The van der Waals surface area contributed by atoms with Gasteiger partial charge in [-0.1, -0.05) is 6.07 Å². The Labute approximate surface area is 128 Å². The molecule has 0 saturated carbocycles. The maximum absolute atomic E-state index is 12.0. The second kappa shape index (κ2) is 7.35. The third kappa shape index (κ3) is 4.50. The van der Waals surface area contributed by atoms with Crippen molar-refractivity contribution in [3.05, 3.63) is 17.5 Å². The molecule has 1 saturated heterocycles. The van der Waals surface area contributed by atoms with E-state index in [0.717, 1.165) is 24.2 Å². The Kier molecular flexibility index (Phi) is 5.74. The fraction of sp³-hybridized carbons (Fsp3) is 0.615. The molecular weight excluding hydrogens is 312 g/mol. The first-order valence-corrected chi connectivity index (χ1v) is 9.31. The molecule has 6 nitrogen and oxygen atoms in total. The molecule has 0 bridgehead atoms. The predicted molar refractivity (Wildman–Crippen MR) is 80.5 cm³/mol. The van der Waals surface area contributed by atoms with Crippen LogP contribution in [-0.2, 0) is 14.8 Å². The van der Waals surface area contributed by atoms with Crippen molar-refractivity contribution in [1.29, 1.82) is 0 Å². The van der Waals surface area contributed by atoms with Crippen LogP contribution in [0.5, 0.6) is 0 Å². The number of amides is 1. The quantitative estimate of drug-likeness (QED) is 0.801. The number of hydrogen-bond acceptors (Lipinski definition) is 5. The van der Waals surface area contributed by atoms with Gasteiger partial charge in [0.2, 0.25) is 15.9 Å². The Hall–Kier alpha value is -0.960. The van der Waals surface area contributed by atoms with E-state index in [1.54, 1.807) is 16.3 Å². The van der Waals surface area contributed by atoms with Gasteiger partial charge in [-0.3, -0.25) is 4.79 Å². The van der Waals surface area contributed by atoms with E-state index in [9.17, 15) is 13.2 Å². The lowest BCUT2D eigenvalue weighted by atomic mass is 9.99. The summed E-state index contributed by atoms with van der Waals surface area (Å²) in [5.41, 5.74) is 0. The summed E-state index contributed by atoms with van der Waals surface area (Å²) in [6, 6.07) is 3.21. The molecule has 1 aliphatic heterocycles. The third-order valence-corrected chi connectivity index (χ3v) is 6.38. The topological polar surface area (TPSA) is 86.7 Å². The normalized spacial score (nSPS) is 19.7. The highest BCUT2D eigenvalue weighted by molar-refractivity contribution is 7.91. The van der Waals surface area contributed by atoms with Gasteiger partial charge in [0.1, 0.15) is 4.21 Å². The molecule has 0 spiro atoms. The molecule has 0 radical (unpaired) electrons. The van der Waals surface area contributed by atoms with Crippen LogP contribution in [0.4, 0.5) is 0 Å². The van der Waals surface area contributed by atoms with Crippen molar-refractivity contribution in [2.24, 2.45) is 5.92 Å². The Bertz CT molecular complexity index is 557. The minimum atomic E-state index is -3.50. The van der Waals surface area contributed by atoms with E-state index < -0.39 is 10.0 Å². The highest BCUT2D eigenvalue weighted by Crippen LogP contribution is 2.17. The predicted octanol–water partition coefficient (Wildman–Crippen LogP) is 0.647. The van der Waals surface area contributed by atoms with Crippen LogP contribution in [0.15, 0.2) is 21.7 Å². The number of nitrogens with zero attached hydrogens (tertiary/aromatic N) is 1. The number of sulfonamides is 1. The number of aliphatic hydroxyl groups is 1. The van der Waals surface area contributed by atoms with Gasteiger partial charge in [-0.15, -0.1) is 11.3 Å². The van der Waals surface area contributed by atoms with Crippen molar-refractivity contribution in [3.8, 4) is 0 Å². The molecule has 2 rings (SSSR count). The van der Waals surface area contributed by atoms with Crippen molar-refractivity contribution in [1.82, 2.24) is 9.62 Å². The Morgan fingerprint density at radius 2 is 2.33 bits per heavy atom. The van der Waals surface area contributed by atoms with Crippen LogP contribution in [0.1, 0.15) is 19.3 Å². The van der Waals surface area contributed by atoms with E-state index in [0.29, 0.717) is 13.1 Å². The molecular formula is C13H20N2O4S2. The van der Waals surface area contributed by atoms with E-state index >= 15 is 0 Å². The van der Waals surface area contributed by atoms with Gasteiger partial charge in [-0.2, -0.15) is 0 Å². The van der Waals surface area contributed by atoms with Crippen molar-refractivity contribution >= 4 is 27.3 Å². The van der Waals surface area contributed by atoms with Crippen molar-refractivity contribution in [2.75, 3.05) is 26.2 Å². The summed E-state index contributed by atoms with van der Waals surface area (Å²) in [5, 5.41) is 10.8. The standard InChI is InChI=1S/C13H20N2O4S2/c16-10-11-3-1-7-15(9-11)12(17)5-6-14-21(18,19)13-4-2-8-20-13/h2,4,8,11,14,16H,1,3,5-7,9-10H2. The summed E-state index contributed by atoms with van der Waals surface area (Å²) in [6.45, 7) is 1.44. The summed E-state index contributed by atoms with van der Waals surface area (Å²) < 4.78 is 26.5. The van der Waals surface area contributed by atoms with E-state index in [1.807, 2.05) is 0 Å². The number of piperidine rings is 1. The third-order valence-electron chi connectivity index (χ3n) is 3.52. The SMILES string of the molecule is O=C(CCNS(=O)(=O)c1cccs1)N1CCCC(CO)C1. The second-order valence-corrected chi connectivity index (χ2v) is 8.05. The Morgan fingerprint density at radius 1 is 1.52 bits per heavy atom. The molecule has 21 heavy (non-hydrogen) atoms. The summed E-state index contributed by atoms with van der Waals surface area (Å²) in [4.78, 5) is 13.8. The zero-order valence-electron chi connectivity index (χ0n) is 11.7. The van der Waals surface area contributed by atoms with E-state index in [2.05, 4.69) is 4.72 Å². The minimum absolute atomic E-state index is 0.0676. The maximum Gasteiger partial charge on any atom is 0.250 e. The molecule has 1 fully saturated rings. The molecule has 118 valence electrons. The molecule has 1 aromatic rings.